The Morgan fingerprint density at radius 1 is 1.26 bits per heavy atom. The van der Waals surface area contributed by atoms with Crippen molar-refractivity contribution in [2.24, 2.45) is 0 Å². The molecule has 0 aromatic heterocycles. The van der Waals surface area contributed by atoms with Gasteiger partial charge < -0.3 is 15.5 Å². The summed E-state index contributed by atoms with van der Waals surface area (Å²) in [4.78, 5) is 37.8. The first-order chi connectivity index (χ1) is 13.0. The van der Waals surface area contributed by atoms with E-state index in [4.69, 9.17) is 0 Å². The molecule has 3 aliphatic heterocycles. The minimum Gasteiger partial charge on any atom is -0.322 e. The zero-order valence-electron chi connectivity index (χ0n) is 15.6. The number of amides is 3. The van der Waals surface area contributed by atoms with Gasteiger partial charge in [0.05, 0.1) is 0 Å². The fraction of sp³-hybridized carbons (Fsp3) is 0.550. The second kappa shape index (κ2) is 7.40. The van der Waals surface area contributed by atoms with E-state index >= 15 is 0 Å². The lowest BCUT2D eigenvalue weighted by atomic mass is 10.0. The predicted molar refractivity (Wildman–Crippen MR) is 99.8 cm³/mol. The van der Waals surface area contributed by atoms with Crippen molar-refractivity contribution in [3.05, 3.63) is 34.9 Å². The maximum absolute atomic E-state index is 12.7. The van der Waals surface area contributed by atoms with Crippen molar-refractivity contribution in [2.75, 3.05) is 6.54 Å². The Morgan fingerprint density at radius 2 is 2.11 bits per heavy atom. The van der Waals surface area contributed by atoms with Gasteiger partial charge >= 0.3 is 0 Å². The van der Waals surface area contributed by atoms with Gasteiger partial charge in [0.15, 0.2) is 0 Å². The molecule has 1 aromatic carbocycles. The van der Waals surface area contributed by atoms with Crippen LogP contribution in [0.4, 0.5) is 0 Å². The minimum absolute atomic E-state index is 0.123. The van der Waals surface area contributed by atoms with Crippen LogP contribution in [-0.4, -0.2) is 47.3 Å². The van der Waals surface area contributed by atoms with Gasteiger partial charge in [0.2, 0.25) is 11.8 Å². The Balaban J connectivity index is 1.41. The molecule has 0 radical (unpaired) electrons. The number of carbonyl (C=O) groups excluding carboxylic acids is 3. The third-order valence-corrected chi connectivity index (χ3v) is 5.92. The third kappa shape index (κ3) is 3.61. The van der Waals surface area contributed by atoms with E-state index in [1.807, 2.05) is 12.1 Å². The summed E-state index contributed by atoms with van der Waals surface area (Å²) in [5, 5.41) is 9.42. The molecule has 3 aliphatic rings. The average Bonchev–Trinajstić information content (AvgIpc) is 3.29. The zero-order chi connectivity index (χ0) is 19.0. The van der Waals surface area contributed by atoms with Gasteiger partial charge in [-0.2, -0.15) is 0 Å². The Kier molecular flexibility index (Phi) is 4.97. The molecular formula is C20H26N4O3. The number of nitrogens with one attached hydrogen (secondary N) is 3. The number of piperidine rings is 1. The Hall–Kier alpha value is -2.25. The van der Waals surface area contributed by atoms with E-state index in [-0.39, 0.29) is 24.1 Å². The van der Waals surface area contributed by atoms with Gasteiger partial charge in [0.1, 0.15) is 6.04 Å². The van der Waals surface area contributed by atoms with Crippen LogP contribution in [0.25, 0.3) is 0 Å². The predicted octanol–water partition coefficient (Wildman–Crippen LogP) is 0.678. The van der Waals surface area contributed by atoms with E-state index in [0.717, 1.165) is 24.2 Å². The first-order valence-electron chi connectivity index (χ1n) is 9.76. The largest absolute Gasteiger partial charge is 0.322 e. The van der Waals surface area contributed by atoms with Crippen molar-refractivity contribution in [3.8, 4) is 0 Å². The molecule has 4 rings (SSSR count). The molecular weight excluding hydrogens is 344 g/mol. The lowest BCUT2D eigenvalue weighted by Crippen LogP contribution is -2.52. The molecule has 3 heterocycles. The van der Waals surface area contributed by atoms with E-state index < -0.39 is 6.04 Å². The van der Waals surface area contributed by atoms with Crippen LogP contribution in [0.3, 0.4) is 0 Å². The highest BCUT2D eigenvalue weighted by atomic mass is 16.2. The number of nitrogens with zero attached hydrogens (tertiary/aromatic N) is 1. The smallest absolute Gasteiger partial charge is 0.255 e. The van der Waals surface area contributed by atoms with Gasteiger partial charge in [0.25, 0.3) is 5.91 Å². The summed E-state index contributed by atoms with van der Waals surface area (Å²) in [6.45, 7) is 4.46. The summed E-state index contributed by atoms with van der Waals surface area (Å²) >= 11 is 0. The molecule has 2 saturated heterocycles. The molecule has 2 unspecified atom stereocenters. The second-order valence-corrected chi connectivity index (χ2v) is 7.76. The summed E-state index contributed by atoms with van der Waals surface area (Å²) < 4.78 is 0. The molecule has 0 bridgehead atoms. The quantitative estimate of drug-likeness (QED) is 0.663. The number of carbonyl (C=O) groups is 3. The van der Waals surface area contributed by atoms with E-state index in [1.54, 1.807) is 4.90 Å². The Bertz CT molecular complexity index is 772. The van der Waals surface area contributed by atoms with E-state index in [9.17, 15) is 14.4 Å². The van der Waals surface area contributed by atoms with Crippen LogP contribution in [0.15, 0.2) is 18.2 Å². The lowest BCUT2D eigenvalue weighted by molar-refractivity contribution is -0.136. The summed E-state index contributed by atoms with van der Waals surface area (Å²) in [5.41, 5.74) is 2.75. The Labute approximate surface area is 158 Å². The minimum atomic E-state index is -0.558. The second-order valence-electron chi connectivity index (χ2n) is 7.76. The molecule has 3 amide bonds. The van der Waals surface area contributed by atoms with E-state index in [2.05, 4.69) is 28.9 Å². The molecule has 7 nitrogen and oxygen atoms in total. The lowest BCUT2D eigenvalue weighted by Gasteiger charge is -2.29. The monoisotopic (exact) mass is 370 g/mol. The van der Waals surface area contributed by atoms with E-state index in [0.29, 0.717) is 30.6 Å². The number of hydrogen-bond acceptors (Lipinski definition) is 5. The zero-order valence-corrected chi connectivity index (χ0v) is 15.6. The summed E-state index contributed by atoms with van der Waals surface area (Å²) in [6.07, 6.45) is 3.10. The van der Waals surface area contributed by atoms with Crippen LogP contribution in [0.5, 0.6) is 0 Å². The van der Waals surface area contributed by atoms with Crippen LogP contribution < -0.4 is 16.0 Å². The average molecular weight is 370 g/mol. The Morgan fingerprint density at radius 3 is 2.85 bits per heavy atom. The molecule has 3 atom stereocenters. The maximum Gasteiger partial charge on any atom is 0.255 e. The molecule has 3 N–H and O–H groups in total. The van der Waals surface area contributed by atoms with Crippen molar-refractivity contribution in [1.29, 1.82) is 0 Å². The van der Waals surface area contributed by atoms with E-state index in [1.165, 1.54) is 12.8 Å². The SMILES string of the molecule is CC(NCc1ccc2c(c1)CN(C1CCC(=O)NC1=O)C2=O)[C@H]1CCCN1. The van der Waals surface area contributed by atoms with Crippen LogP contribution in [0.2, 0.25) is 0 Å². The first kappa shape index (κ1) is 18.1. The number of fused-ring (bicyclic) bond motifs is 1. The van der Waals surface area contributed by atoms with Crippen molar-refractivity contribution >= 4 is 17.7 Å². The van der Waals surface area contributed by atoms with Gasteiger partial charge in [0, 0.05) is 37.2 Å². The number of hydrogen-bond donors (Lipinski definition) is 3. The van der Waals surface area contributed by atoms with Crippen molar-refractivity contribution in [1.82, 2.24) is 20.9 Å². The van der Waals surface area contributed by atoms with Crippen molar-refractivity contribution in [2.45, 2.75) is 63.8 Å². The van der Waals surface area contributed by atoms with Crippen molar-refractivity contribution in [3.63, 3.8) is 0 Å². The van der Waals surface area contributed by atoms with Gasteiger partial charge in [-0.05, 0) is 49.9 Å². The standard InChI is InChI=1S/C20H26N4O3/c1-12(16-3-2-8-21-16)22-10-13-4-5-15-14(9-13)11-24(20(15)27)17-6-7-18(25)23-19(17)26/h4-5,9,12,16-17,21-22H,2-3,6-8,10-11H2,1H3,(H,23,25,26)/t12?,16-,17?/m1/s1. The molecule has 27 heavy (non-hydrogen) atoms. The van der Waals surface area contributed by atoms with Gasteiger partial charge in [-0.1, -0.05) is 12.1 Å². The summed E-state index contributed by atoms with van der Waals surface area (Å²) in [5.74, 6) is -0.755. The molecule has 144 valence electrons. The summed E-state index contributed by atoms with van der Waals surface area (Å²) in [6, 6.07) is 6.25. The molecule has 7 heteroatoms. The van der Waals surface area contributed by atoms with Crippen molar-refractivity contribution < 1.29 is 14.4 Å². The maximum atomic E-state index is 12.7. The highest BCUT2D eigenvalue weighted by molar-refractivity contribution is 6.05. The van der Waals surface area contributed by atoms with Gasteiger partial charge in [-0.25, -0.2) is 0 Å². The molecule has 0 saturated carbocycles. The highest BCUT2D eigenvalue weighted by Gasteiger charge is 2.39. The molecule has 1 aromatic rings. The van der Waals surface area contributed by atoms with Crippen LogP contribution in [-0.2, 0) is 22.7 Å². The highest BCUT2D eigenvalue weighted by Crippen LogP contribution is 2.28. The van der Waals surface area contributed by atoms with Crippen LogP contribution in [0.1, 0.15) is 54.1 Å². The molecule has 0 spiro atoms. The molecule has 0 aliphatic carbocycles. The van der Waals surface area contributed by atoms with Gasteiger partial charge in [-0.3, -0.25) is 19.7 Å². The third-order valence-electron chi connectivity index (χ3n) is 5.92. The normalized spacial score (nSPS) is 26.3. The fourth-order valence-electron chi connectivity index (χ4n) is 4.30. The van der Waals surface area contributed by atoms with Crippen LogP contribution >= 0.6 is 0 Å². The molecule has 2 fully saturated rings. The van der Waals surface area contributed by atoms with Crippen LogP contribution in [0, 0.1) is 0 Å². The fourth-order valence-corrected chi connectivity index (χ4v) is 4.30. The van der Waals surface area contributed by atoms with Gasteiger partial charge in [-0.15, -0.1) is 0 Å². The number of benzene rings is 1. The first-order valence-corrected chi connectivity index (χ1v) is 9.76. The number of rotatable bonds is 5. The topological polar surface area (TPSA) is 90.5 Å². The number of imide groups is 1. The summed E-state index contributed by atoms with van der Waals surface area (Å²) in [7, 11) is 0.